The maximum atomic E-state index is 12.4. The van der Waals surface area contributed by atoms with E-state index in [1.54, 1.807) is 18.2 Å². The molecule has 1 amide bonds. The second kappa shape index (κ2) is 7.75. The lowest BCUT2D eigenvalue weighted by atomic mass is 9.84. The number of fused-ring (bicyclic) bond motifs is 1. The summed E-state index contributed by atoms with van der Waals surface area (Å²) in [6, 6.07) is 14.7. The number of nitrogens with one attached hydrogen (secondary N) is 2. The second-order valence-electron chi connectivity index (χ2n) is 7.91. The van der Waals surface area contributed by atoms with Gasteiger partial charge in [0.1, 0.15) is 10.7 Å². The van der Waals surface area contributed by atoms with Crippen molar-refractivity contribution in [3.63, 3.8) is 0 Å². The first-order chi connectivity index (χ1) is 13.1. The lowest BCUT2D eigenvalue weighted by molar-refractivity contribution is -0.123. The molecule has 1 heterocycles. The van der Waals surface area contributed by atoms with Crippen molar-refractivity contribution in [2.45, 2.75) is 45.1 Å². The van der Waals surface area contributed by atoms with Crippen LogP contribution >= 0.6 is 0 Å². The average molecular weight is 400 g/mol. The van der Waals surface area contributed by atoms with E-state index in [1.165, 1.54) is 11.6 Å². The number of anilines is 1. The summed E-state index contributed by atoms with van der Waals surface area (Å²) in [5, 5.41) is 6.01. The van der Waals surface area contributed by atoms with E-state index < -0.39 is 15.4 Å². The smallest absolute Gasteiger partial charge is 0.286 e. The Labute approximate surface area is 166 Å². The molecule has 0 unspecified atom stereocenters. The van der Waals surface area contributed by atoms with Crippen LogP contribution < -0.4 is 10.6 Å². The van der Waals surface area contributed by atoms with Gasteiger partial charge in [0.2, 0.25) is 5.91 Å². The maximum absolute atomic E-state index is 12.4. The van der Waals surface area contributed by atoms with Gasteiger partial charge in [0, 0.05) is 19.4 Å². The Hall–Kier alpha value is -2.67. The Morgan fingerprint density at radius 1 is 1.11 bits per heavy atom. The first kappa shape index (κ1) is 20.1. The van der Waals surface area contributed by atoms with Gasteiger partial charge in [-0.25, -0.2) is 0 Å². The monoisotopic (exact) mass is 399 g/mol. The Morgan fingerprint density at radius 3 is 2.50 bits per heavy atom. The van der Waals surface area contributed by atoms with E-state index in [4.69, 9.17) is 0 Å². The average Bonchev–Trinajstić information content (AvgIpc) is 2.60. The highest BCUT2D eigenvalue weighted by Gasteiger charge is 2.29. The van der Waals surface area contributed by atoms with E-state index in [-0.39, 0.29) is 17.2 Å². The van der Waals surface area contributed by atoms with E-state index in [0.717, 1.165) is 5.56 Å². The molecule has 0 aromatic heterocycles. The Bertz CT molecular complexity index is 1010. The van der Waals surface area contributed by atoms with E-state index in [1.807, 2.05) is 45.0 Å². The van der Waals surface area contributed by atoms with E-state index in [9.17, 15) is 13.2 Å². The van der Waals surface area contributed by atoms with Gasteiger partial charge >= 0.3 is 0 Å². The third-order valence-electron chi connectivity index (χ3n) is 4.57. The number of amides is 1. The molecule has 0 atom stereocenters. The third-order valence-corrected chi connectivity index (χ3v) is 5.94. The molecular weight excluding hydrogens is 374 g/mol. The molecule has 0 radical (unpaired) electrons. The maximum Gasteiger partial charge on any atom is 0.286 e. The minimum atomic E-state index is -3.72. The second-order valence-corrected chi connectivity index (χ2v) is 9.49. The molecule has 2 aromatic carbocycles. The van der Waals surface area contributed by atoms with Gasteiger partial charge in [-0.2, -0.15) is 8.42 Å². The van der Waals surface area contributed by atoms with Crippen molar-refractivity contribution in [1.29, 1.82) is 0 Å². The summed E-state index contributed by atoms with van der Waals surface area (Å²) in [6.45, 7) is 6.34. The number of carbonyl (C=O) groups excluding carboxylic acids is 1. The van der Waals surface area contributed by atoms with Crippen molar-refractivity contribution in [3.8, 4) is 0 Å². The van der Waals surface area contributed by atoms with Crippen molar-refractivity contribution in [2.75, 3.05) is 5.32 Å². The Kier molecular flexibility index (Phi) is 5.56. The lowest BCUT2D eigenvalue weighted by Crippen LogP contribution is -2.32. The van der Waals surface area contributed by atoms with Gasteiger partial charge in [0.15, 0.2) is 0 Å². The summed E-state index contributed by atoms with van der Waals surface area (Å²) in [4.78, 5) is 12.6. The standard InChI is InChI=1S/C21H25N3O3S/c1-15-8-10-16(11-9-15)14-22-20(25)13-21(2,3)12-19-23-17-6-4-5-7-18(17)28(26,27)24-19/h4-11H,12-14H2,1-3H3,(H,22,25)(H,23,24). The van der Waals surface area contributed by atoms with Crippen LogP contribution in [0, 0.1) is 12.3 Å². The number of aryl methyl sites for hydroxylation is 1. The van der Waals surface area contributed by atoms with Crippen LogP contribution in [0.2, 0.25) is 0 Å². The minimum absolute atomic E-state index is 0.0785. The van der Waals surface area contributed by atoms with Crippen LogP contribution in [-0.4, -0.2) is 20.2 Å². The summed E-state index contributed by atoms with van der Waals surface area (Å²) in [6.07, 6.45) is 0.611. The van der Waals surface area contributed by atoms with Gasteiger partial charge in [-0.3, -0.25) is 4.79 Å². The number of hydrogen-bond donors (Lipinski definition) is 2. The van der Waals surface area contributed by atoms with Crippen molar-refractivity contribution in [2.24, 2.45) is 9.81 Å². The summed E-state index contributed by atoms with van der Waals surface area (Å²) in [7, 11) is -3.72. The number of sulfonamides is 1. The van der Waals surface area contributed by atoms with Crippen molar-refractivity contribution < 1.29 is 13.2 Å². The van der Waals surface area contributed by atoms with E-state index in [0.29, 0.717) is 24.5 Å². The fourth-order valence-electron chi connectivity index (χ4n) is 3.16. The molecule has 28 heavy (non-hydrogen) atoms. The molecule has 1 aliphatic heterocycles. The molecule has 0 aliphatic carbocycles. The quantitative estimate of drug-likeness (QED) is 0.776. The third kappa shape index (κ3) is 4.98. The van der Waals surface area contributed by atoms with E-state index in [2.05, 4.69) is 15.0 Å². The molecule has 7 heteroatoms. The number of nitrogens with zero attached hydrogens (tertiary/aromatic N) is 1. The van der Waals surface area contributed by atoms with Gasteiger partial charge in [-0.1, -0.05) is 55.8 Å². The van der Waals surface area contributed by atoms with E-state index >= 15 is 0 Å². The minimum Gasteiger partial charge on any atom is -0.352 e. The molecule has 3 rings (SSSR count). The summed E-state index contributed by atoms with van der Waals surface area (Å²) in [5.74, 6) is 0.278. The van der Waals surface area contributed by atoms with Gasteiger partial charge in [0.25, 0.3) is 10.0 Å². The van der Waals surface area contributed by atoms with Crippen LogP contribution in [0.3, 0.4) is 0 Å². The summed E-state index contributed by atoms with van der Waals surface area (Å²) >= 11 is 0. The molecule has 1 aliphatic rings. The molecule has 148 valence electrons. The van der Waals surface area contributed by atoms with Gasteiger partial charge in [-0.15, -0.1) is 4.40 Å². The number of benzene rings is 2. The Balaban J connectivity index is 1.61. The van der Waals surface area contributed by atoms with Crippen LogP contribution in [0.25, 0.3) is 0 Å². The molecule has 0 bridgehead atoms. The largest absolute Gasteiger partial charge is 0.352 e. The van der Waals surface area contributed by atoms with Crippen molar-refractivity contribution in [3.05, 3.63) is 59.7 Å². The number of carbonyl (C=O) groups is 1. The molecule has 0 saturated heterocycles. The number of hydrogen-bond acceptors (Lipinski definition) is 4. The number of para-hydroxylation sites is 1. The highest BCUT2D eigenvalue weighted by Crippen LogP contribution is 2.31. The predicted molar refractivity (Wildman–Crippen MR) is 111 cm³/mol. The van der Waals surface area contributed by atoms with Crippen molar-refractivity contribution >= 4 is 27.5 Å². The molecule has 2 N–H and O–H groups in total. The lowest BCUT2D eigenvalue weighted by Gasteiger charge is -2.27. The molecule has 0 spiro atoms. The normalized spacial score (nSPS) is 15.2. The van der Waals surface area contributed by atoms with Gasteiger partial charge in [0.05, 0.1) is 5.69 Å². The van der Waals surface area contributed by atoms with Crippen LogP contribution in [0.5, 0.6) is 0 Å². The summed E-state index contributed by atoms with van der Waals surface area (Å²) in [5.41, 5.74) is 2.28. The molecular formula is C21H25N3O3S. The number of amidine groups is 1. The highest BCUT2D eigenvalue weighted by atomic mass is 32.2. The zero-order valence-electron chi connectivity index (χ0n) is 16.3. The number of rotatable bonds is 6. The van der Waals surface area contributed by atoms with Crippen LogP contribution in [0.15, 0.2) is 57.8 Å². The zero-order chi connectivity index (χ0) is 20.4. The fourth-order valence-corrected chi connectivity index (χ4v) is 4.31. The molecule has 0 saturated carbocycles. The van der Waals surface area contributed by atoms with Crippen molar-refractivity contribution in [1.82, 2.24) is 5.32 Å². The molecule has 6 nitrogen and oxygen atoms in total. The zero-order valence-corrected chi connectivity index (χ0v) is 17.1. The summed E-state index contributed by atoms with van der Waals surface area (Å²) < 4.78 is 28.6. The SMILES string of the molecule is Cc1ccc(CNC(=O)CC(C)(C)CC2=NS(=O)(=O)c3ccccc3N2)cc1. The van der Waals surface area contributed by atoms with Gasteiger partial charge in [-0.05, 0) is 30.0 Å². The topological polar surface area (TPSA) is 87.6 Å². The highest BCUT2D eigenvalue weighted by molar-refractivity contribution is 7.90. The first-order valence-corrected chi connectivity index (χ1v) is 10.6. The van der Waals surface area contributed by atoms with Crippen LogP contribution in [0.4, 0.5) is 5.69 Å². The first-order valence-electron chi connectivity index (χ1n) is 9.17. The molecule has 2 aromatic rings. The van der Waals surface area contributed by atoms with Crippen LogP contribution in [-0.2, 0) is 21.4 Å². The Morgan fingerprint density at radius 2 is 1.79 bits per heavy atom. The predicted octanol–water partition coefficient (Wildman–Crippen LogP) is 3.63. The van der Waals surface area contributed by atoms with Crippen LogP contribution in [0.1, 0.15) is 37.8 Å². The van der Waals surface area contributed by atoms with Gasteiger partial charge < -0.3 is 10.6 Å². The fraction of sp³-hybridized carbons (Fsp3) is 0.333. The molecule has 0 fully saturated rings.